The molecule has 3 rings (SSSR count). The lowest BCUT2D eigenvalue weighted by atomic mass is 10.1. The molecule has 0 heterocycles. The summed E-state index contributed by atoms with van der Waals surface area (Å²) in [5, 5.41) is 3.29. The molecule has 0 unspecified atom stereocenters. The Balaban J connectivity index is 2.07. The van der Waals surface area contributed by atoms with Crippen LogP contribution in [0.4, 0.5) is 5.69 Å². The Morgan fingerprint density at radius 3 is 2.23 bits per heavy atom. The maximum absolute atomic E-state index is 14.1. The molecule has 0 aliphatic carbocycles. The predicted octanol–water partition coefficient (Wildman–Crippen LogP) is 5.79. The predicted molar refractivity (Wildman–Crippen MR) is 161 cm³/mol. The van der Waals surface area contributed by atoms with E-state index in [1.807, 2.05) is 52.0 Å². The van der Waals surface area contributed by atoms with Gasteiger partial charge in [-0.25, -0.2) is 8.42 Å². The summed E-state index contributed by atoms with van der Waals surface area (Å²) in [4.78, 5) is 28.7. The Morgan fingerprint density at radius 1 is 0.925 bits per heavy atom. The minimum Gasteiger partial charge on any atom is -0.352 e. The first-order chi connectivity index (χ1) is 18.8. The zero-order chi connectivity index (χ0) is 29.6. The molecule has 214 valence electrons. The summed E-state index contributed by atoms with van der Waals surface area (Å²) in [6, 6.07) is 18.2. The number of benzene rings is 3. The van der Waals surface area contributed by atoms with Gasteiger partial charge >= 0.3 is 0 Å². The minimum absolute atomic E-state index is 0.0538. The molecule has 1 N–H and O–H groups in total. The molecule has 0 aliphatic heterocycles. The Bertz CT molecular complexity index is 1460. The maximum atomic E-state index is 14.1. The number of nitrogens with one attached hydrogen (secondary N) is 1. The van der Waals surface area contributed by atoms with Gasteiger partial charge in [0.2, 0.25) is 11.8 Å². The lowest BCUT2D eigenvalue weighted by Crippen LogP contribution is -2.52. The smallest absolute Gasteiger partial charge is 0.264 e. The summed E-state index contributed by atoms with van der Waals surface area (Å²) >= 11 is 6.28. The van der Waals surface area contributed by atoms with Gasteiger partial charge in [-0.15, -0.1) is 0 Å². The van der Waals surface area contributed by atoms with Gasteiger partial charge in [-0.05, 0) is 76.4 Å². The van der Waals surface area contributed by atoms with Crippen LogP contribution >= 0.6 is 11.6 Å². The number of hydrogen-bond donors (Lipinski definition) is 1. The molecule has 0 spiro atoms. The average molecular weight is 584 g/mol. The van der Waals surface area contributed by atoms with E-state index in [1.165, 1.54) is 17.0 Å². The third-order valence-electron chi connectivity index (χ3n) is 6.93. The fourth-order valence-electron chi connectivity index (χ4n) is 4.26. The number of amides is 2. The van der Waals surface area contributed by atoms with Crippen LogP contribution in [0.3, 0.4) is 0 Å². The van der Waals surface area contributed by atoms with E-state index >= 15 is 0 Å². The van der Waals surface area contributed by atoms with E-state index in [4.69, 9.17) is 11.6 Å². The topological polar surface area (TPSA) is 86.8 Å². The molecule has 2 atom stereocenters. The summed E-state index contributed by atoms with van der Waals surface area (Å²) < 4.78 is 29.1. The molecular weight excluding hydrogens is 546 g/mol. The van der Waals surface area contributed by atoms with Gasteiger partial charge in [0.1, 0.15) is 12.6 Å². The number of hydrogen-bond acceptors (Lipinski definition) is 4. The van der Waals surface area contributed by atoms with Crippen LogP contribution < -0.4 is 9.62 Å². The van der Waals surface area contributed by atoms with Gasteiger partial charge in [-0.3, -0.25) is 13.9 Å². The Morgan fingerprint density at radius 2 is 1.60 bits per heavy atom. The van der Waals surface area contributed by atoms with Gasteiger partial charge in [0.25, 0.3) is 10.0 Å². The lowest BCUT2D eigenvalue weighted by Gasteiger charge is -2.33. The number of carbonyl (C=O) groups excluding carboxylic acids is 2. The van der Waals surface area contributed by atoms with E-state index in [9.17, 15) is 18.0 Å². The van der Waals surface area contributed by atoms with Crippen LogP contribution in [-0.4, -0.2) is 43.8 Å². The third-order valence-corrected chi connectivity index (χ3v) is 8.94. The van der Waals surface area contributed by atoms with Gasteiger partial charge in [-0.2, -0.15) is 0 Å². The Hall–Kier alpha value is -3.36. The largest absolute Gasteiger partial charge is 0.352 e. The molecule has 0 saturated carbocycles. The first kappa shape index (κ1) is 31.2. The number of carbonyl (C=O) groups is 2. The molecule has 0 saturated heterocycles. The number of aryl methyl sites for hydroxylation is 3. The summed E-state index contributed by atoms with van der Waals surface area (Å²) in [7, 11) is -4.16. The van der Waals surface area contributed by atoms with Crippen LogP contribution in [0, 0.1) is 20.8 Å². The number of sulfonamides is 1. The normalized spacial score (nSPS) is 12.9. The summed E-state index contributed by atoms with van der Waals surface area (Å²) in [5.74, 6) is -0.814. The highest BCUT2D eigenvalue weighted by molar-refractivity contribution is 7.92. The maximum Gasteiger partial charge on any atom is 0.264 e. The van der Waals surface area contributed by atoms with Crippen molar-refractivity contribution < 1.29 is 18.0 Å². The molecule has 3 aromatic rings. The second kappa shape index (κ2) is 13.3. The van der Waals surface area contributed by atoms with Gasteiger partial charge in [0.15, 0.2) is 0 Å². The van der Waals surface area contributed by atoms with Crippen molar-refractivity contribution in [3.05, 3.63) is 94.0 Å². The van der Waals surface area contributed by atoms with Gasteiger partial charge < -0.3 is 10.2 Å². The molecule has 2 amide bonds. The number of nitrogens with zero attached hydrogens (tertiary/aromatic N) is 2. The fraction of sp³-hybridized carbons (Fsp3) is 0.355. The highest BCUT2D eigenvalue weighted by Crippen LogP contribution is 2.30. The van der Waals surface area contributed by atoms with Gasteiger partial charge in [0.05, 0.1) is 10.6 Å². The molecule has 0 radical (unpaired) electrons. The van der Waals surface area contributed by atoms with Crippen molar-refractivity contribution in [2.45, 2.75) is 71.5 Å². The average Bonchev–Trinajstić information content (AvgIpc) is 2.91. The standard InChI is InChI=1S/C31H38ClN3O4S/c1-7-24(5)33-31(37)25(6)34(19-26-10-8-9-22(3)17-26)30(36)20-35(29-18-27(32)14-13-23(29)4)40(38,39)28-15-11-21(2)12-16-28/h8-18,24-25H,7,19-20H2,1-6H3,(H,33,37)/t24-,25+/m1/s1. The number of halogens is 1. The lowest BCUT2D eigenvalue weighted by molar-refractivity contribution is -0.139. The van der Waals surface area contributed by atoms with E-state index in [2.05, 4.69) is 5.32 Å². The molecule has 0 bridgehead atoms. The third kappa shape index (κ3) is 7.64. The monoisotopic (exact) mass is 583 g/mol. The molecule has 3 aromatic carbocycles. The van der Waals surface area contributed by atoms with Crippen molar-refractivity contribution in [2.24, 2.45) is 0 Å². The highest BCUT2D eigenvalue weighted by atomic mass is 35.5. The summed E-state index contributed by atoms with van der Waals surface area (Å²) in [5.41, 5.74) is 3.70. The molecule has 0 aromatic heterocycles. The molecular formula is C31H38ClN3O4S. The van der Waals surface area contributed by atoms with Crippen LogP contribution in [0.25, 0.3) is 0 Å². The SMILES string of the molecule is CC[C@@H](C)NC(=O)[C@H](C)N(Cc1cccc(C)c1)C(=O)CN(c1cc(Cl)ccc1C)S(=O)(=O)c1ccc(C)cc1. The van der Waals surface area contributed by atoms with Gasteiger partial charge in [0, 0.05) is 17.6 Å². The Labute approximate surface area is 243 Å². The van der Waals surface area contributed by atoms with E-state index in [0.717, 1.165) is 27.4 Å². The van der Waals surface area contributed by atoms with E-state index < -0.39 is 28.5 Å². The van der Waals surface area contributed by atoms with E-state index in [1.54, 1.807) is 44.2 Å². The quantitative estimate of drug-likeness (QED) is 0.309. The van der Waals surface area contributed by atoms with Crippen molar-refractivity contribution in [3.63, 3.8) is 0 Å². The van der Waals surface area contributed by atoms with Crippen LogP contribution in [0.2, 0.25) is 5.02 Å². The van der Waals surface area contributed by atoms with Crippen molar-refractivity contribution in [2.75, 3.05) is 10.8 Å². The number of rotatable bonds is 11. The van der Waals surface area contributed by atoms with E-state index in [0.29, 0.717) is 16.3 Å². The first-order valence-electron chi connectivity index (χ1n) is 13.3. The second-order valence-electron chi connectivity index (χ2n) is 10.3. The zero-order valence-electron chi connectivity index (χ0n) is 23.9. The summed E-state index contributed by atoms with van der Waals surface area (Å²) in [6.45, 7) is 10.7. The van der Waals surface area contributed by atoms with Crippen molar-refractivity contribution in [1.82, 2.24) is 10.2 Å². The van der Waals surface area contributed by atoms with E-state index in [-0.39, 0.29) is 23.4 Å². The van der Waals surface area contributed by atoms with Crippen molar-refractivity contribution in [1.29, 1.82) is 0 Å². The second-order valence-corrected chi connectivity index (χ2v) is 12.6. The molecule has 7 nitrogen and oxygen atoms in total. The van der Waals surface area contributed by atoms with Crippen molar-refractivity contribution >= 4 is 39.1 Å². The van der Waals surface area contributed by atoms with Crippen LogP contribution in [0.5, 0.6) is 0 Å². The summed E-state index contributed by atoms with van der Waals surface area (Å²) in [6.07, 6.45) is 0.737. The fourth-order valence-corrected chi connectivity index (χ4v) is 5.89. The first-order valence-corrected chi connectivity index (χ1v) is 15.2. The van der Waals surface area contributed by atoms with Crippen molar-refractivity contribution in [3.8, 4) is 0 Å². The Kier molecular flexibility index (Phi) is 10.4. The van der Waals surface area contributed by atoms with Crippen LogP contribution in [0.1, 0.15) is 49.4 Å². The van der Waals surface area contributed by atoms with Gasteiger partial charge in [-0.1, -0.05) is 72.1 Å². The highest BCUT2D eigenvalue weighted by Gasteiger charge is 2.33. The molecule has 0 aliphatic rings. The minimum atomic E-state index is -4.16. The van der Waals surface area contributed by atoms with Crippen LogP contribution in [0.15, 0.2) is 71.6 Å². The molecule has 0 fully saturated rings. The number of anilines is 1. The zero-order valence-corrected chi connectivity index (χ0v) is 25.5. The molecule has 9 heteroatoms. The van der Waals surface area contributed by atoms with Crippen LogP contribution in [-0.2, 0) is 26.2 Å². The molecule has 40 heavy (non-hydrogen) atoms.